The zero-order valence-electron chi connectivity index (χ0n) is 9.58. The first-order valence-electron chi connectivity index (χ1n) is 5.09. The number of nitro groups is 1. The van der Waals surface area contributed by atoms with Crippen LogP contribution in [0.5, 0.6) is 0 Å². The van der Waals surface area contributed by atoms with Crippen LogP contribution in [0.25, 0.3) is 11.3 Å². The van der Waals surface area contributed by atoms with Gasteiger partial charge in [-0.2, -0.15) is 0 Å². The monoisotopic (exact) mass is 297 g/mol. The van der Waals surface area contributed by atoms with Crippen molar-refractivity contribution in [2.75, 3.05) is 0 Å². The molecule has 0 radical (unpaired) electrons. The molecule has 102 valence electrons. The highest BCUT2D eigenvalue weighted by Crippen LogP contribution is 2.29. The summed E-state index contributed by atoms with van der Waals surface area (Å²) in [6.45, 7) is 0. The third kappa shape index (κ3) is 2.69. The maximum Gasteiger partial charge on any atom is 0.335 e. The van der Waals surface area contributed by atoms with E-state index in [0.717, 1.165) is 24.4 Å². The number of rotatable bonds is 3. The summed E-state index contributed by atoms with van der Waals surface area (Å²) in [6.07, 6.45) is 0.871. The standard InChI is InChI=1S/C11H5ClFN3O4/c12-11-14-4-8(16(19)20)9(15-11)5-1-6(10(17)18)3-7(13)2-5/h1-4H,(H,17,18). The molecule has 9 heteroatoms. The first-order valence-corrected chi connectivity index (χ1v) is 5.47. The predicted molar refractivity (Wildman–Crippen MR) is 66.0 cm³/mol. The summed E-state index contributed by atoms with van der Waals surface area (Å²) in [6, 6.07) is 2.79. The van der Waals surface area contributed by atoms with E-state index in [4.69, 9.17) is 16.7 Å². The van der Waals surface area contributed by atoms with Gasteiger partial charge in [-0.3, -0.25) is 10.1 Å². The fourth-order valence-corrected chi connectivity index (χ4v) is 1.68. The Hall–Kier alpha value is -2.61. The number of aromatic carboxylic acids is 1. The Bertz CT molecular complexity index is 723. The van der Waals surface area contributed by atoms with Crippen LogP contribution < -0.4 is 0 Å². The molecule has 0 aliphatic carbocycles. The topological polar surface area (TPSA) is 106 Å². The number of carboxylic acid groups (broad SMARTS) is 1. The van der Waals surface area contributed by atoms with E-state index in [1.807, 2.05) is 0 Å². The Morgan fingerprint density at radius 3 is 2.70 bits per heavy atom. The van der Waals surface area contributed by atoms with Crippen molar-refractivity contribution in [1.29, 1.82) is 0 Å². The van der Waals surface area contributed by atoms with Gasteiger partial charge < -0.3 is 5.11 Å². The SMILES string of the molecule is O=C(O)c1cc(F)cc(-c2nc(Cl)ncc2[N+](=O)[O-])c1. The van der Waals surface area contributed by atoms with Crippen molar-refractivity contribution < 1.29 is 19.2 Å². The summed E-state index contributed by atoms with van der Waals surface area (Å²) in [5.41, 5.74) is -1.18. The molecule has 0 amide bonds. The second kappa shape index (κ2) is 5.17. The molecule has 1 heterocycles. The van der Waals surface area contributed by atoms with Crippen molar-refractivity contribution in [3.63, 3.8) is 0 Å². The molecule has 0 atom stereocenters. The van der Waals surface area contributed by atoms with E-state index >= 15 is 0 Å². The van der Waals surface area contributed by atoms with Crippen molar-refractivity contribution in [1.82, 2.24) is 9.97 Å². The molecule has 1 aromatic carbocycles. The summed E-state index contributed by atoms with van der Waals surface area (Å²) in [4.78, 5) is 28.1. The third-order valence-corrected chi connectivity index (χ3v) is 2.54. The van der Waals surface area contributed by atoms with Crippen LogP contribution in [0.2, 0.25) is 5.28 Å². The second-order valence-corrected chi connectivity index (χ2v) is 4.00. The lowest BCUT2D eigenvalue weighted by Crippen LogP contribution is -2.01. The number of benzene rings is 1. The van der Waals surface area contributed by atoms with Gasteiger partial charge in [-0.15, -0.1) is 0 Å². The number of hydrogen-bond acceptors (Lipinski definition) is 5. The minimum absolute atomic E-state index is 0.0709. The second-order valence-electron chi connectivity index (χ2n) is 3.66. The summed E-state index contributed by atoms with van der Waals surface area (Å²) >= 11 is 5.56. The Morgan fingerprint density at radius 2 is 2.10 bits per heavy atom. The lowest BCUT2D eigenvalue weighted by molar-refractivity contribution is -0.384. The normalized spacial score (nSPS) is 10.3. The molecule has 0 saturated heterocycles. The van der Waals surface area contributed by atoms with E-state index in [1.54, 1.807) is 0 Å². The highest BCUT2D eigenvalue weighted by molar-refractivity contribution is 6.28. The van der Waals surface area contributed by atoms with Crippen LogP contribution in [0.3, 0.4) is 0 Å². The first-order chi connectivity index (χ1) is 9.38. The van der Waals surface area contributed by atoms with Gasteiger partial charge in [-0.05, 0) is 29.8 Å². The van der Waals surface area contributed by atoms with Gasteiger partial charge in [-0.1, -0.05) is 0 Å². The number of carbonyl (C=O) groups is 1. The van der Waals surface area contributed by atoms with Gasteiger partial charge in [-0.25, -0.2) is 19.2 Å². The molecule has 2 aromatic rings. The van der Waals surface area contributed by atoms with Gasteiger partial charge in [0, 0.05) is 5.56 Å². The average molecular weight is 298 g/mol. The van der Waals surface area contributed by atoms with Crippen LogP contribution >= 0.6 is 11.6 Å². The van der Waals surface area contributed by atoms with E-state index in [2.05, 4.69) is 9.97 Å². The van der Waals surface area contributed by atoms with Gasteiger partial charge in [0.25, 0.3) is 0 Å². The maximum absolute atomic E-state index is 13.4. The quantitative estimate of drug-likeness (QED) is 0.530. The number of carboxylic acids is 1. The molecule has 20 heavy (non-hydrogen) atoms. The van der Waals surface area contributed by atoms with Gasteiger partial charge in [0.05, 0.1) is 10.5 Å². The van der Waals surface area contributed by atoms with Crippen molar-refractivity contribution in [3.05, 3.63) is 51.2 Å². The Kier molecular flexibility index (Phi) is 3.57. The minimum atomic E-state index is -1.37. The number of nitrogens with zero attached hydrogens (tertiary/aromatic N) is 3. The van der Waals surface area contributed by atoms with Crippen molar-refractivity contribution in [2.24, 2.45) is 0 Å². The van der Waals surface area contributed by atoms with Crippen molar-refractivity contribution in [3.8, 4) is 11.3 Å². The van der Waals surface area contributed by atoms with Crippen LogP contribution in [0, 0.1) is 15.9 Å². The lowest BCUT2D eigenvalue weighted by Gasteiger charge is -2.04. The highest BCUT2D eigenvalue weighted by atomic mass is 35.5. The summed E-state index contributed by atoms with van der Waals surface area (Å²) < 4.78 is 13.4. The molecular formula is C11H5ClFN3O4. The van der Waals surface area contributed by atoms with Crippen LogP contribution in [0.1, 0.15) is 10.4 Å². The van der Waals surface area contributed by atoms with Crippen LogP contribution in [-0.4, -0.2) is 26.0 Å². The highest BCUT2D eigenvalue weighted by Gasteiger charge is 2.20. The summed E-state index contributed by atoms with van der Waals surface area (Å²) in [5.74, 6) is -2.22. The summed E-state index contributed by atoms with van der Waals surface area (Å²) in [5, 5.41) is 19.5. The van der Waals surface area contributed by atoms with Gasteiger partial charge in [0.15, 0.2) is 5.69 Å². The first kappa shape index (κ1) is 13.8. The van der Waals surface area contributed by atoms with Gasteiger partial charge >= 0.3 is 11.7 Å². The molecule has 0 saturated carbocycles. The van der Waals surface area contributed by atoms with Gasteiger partial charge in [0.2, 0.25) is 5.28 Å². The van der Waals surface area contributed by atoms with Crippen molar-refractivity contribution >= 4 is 23.3 Å². The molecule has 0 aliphatic heterocycles. The van der Waals surface area contributed by atoms with E-state index in [9.17, 15) is 19.3 Å². The molecular weight excluding hydrogens is 293 g/mol. The fraction of sp³-hybridized carbons (Fsp3) is 0. The Balaban J connectivity index is 2.70. The molecule has 7 nitrogen and oxygen atoms in total. The third-order valence-electron chi connectivity index (χ3n) is 2.35. The predicted octanol–water partition coefficient (Wildman–Crippen LogP) is 2.54. The fourth-order valence-electron chi connectivity index (χ4n) is 1.55. The van der Waals surface area contributed by atoms with Crippen molar-refractivity contribution in [2.45, 2.75) is 0 Å². The van der Waals surface area contributed by atoms with Crippen LogP contribution in [0.4, 0.5) is 10.1 Å². The van der Waals surface area contributed by atoms with E-state index in [1.165, 1.54) is 0 Å². The van der Waals surface area contributed by atoms with Crippen LogP contribution in [-0.2, 0) is 0 Å². The summed E-state index contributed by atoms with van der Waals surface area (Å²) in [7, 11) is 0. The van der Waals surface area contributed by atoms with E-state index in [0.29, 0.717) is 0 Å². The molecule has 1 aromatic heterocycles. The molecule has 0 bridgehead atoms. The molecule has 0 fully saturated rings. The number of halogens is 2. The average Bonchev–Trinajstić information content (AvgIpc) is 2.37. The largest absolute Gasteiger partial charge is 0.478 e. The number of aromatic nitrogens is 2. The Morgan fingerprint density at radius 1 is 1.40 bits per heavy atom. The maximum atomic E-state index is 13.4. The minimum Gasteiger partial charge on any atom is -0.478 e. The number of hydrogen-bond donors (Lipinski definition) is 1. The van der Waals surface area contributed by atoms with E-state index < -0.39 is 22.4 Å². The Labute approximate surface area is 115 Å². The lowest BCUT2D eigenvalue weighted by atomic mass is 10.1. The smallest absolute Gasteiger partial charge is 0.335 e. The molecule has 1 N–H and O–H groups in total. The van der Waals surface area contributed by atoms with Crippen LogP contribution in [0.15, 0.2) is 24.4 Å². The zero-order chi connectivity index (χ0) is 14.9. The zero-order valence-corrected chi connectivity index (χ0v) is 10.3. The molecule has 2 rings (SSSR count). The van der Waals surface area contributed by atoms with Gasteiger partial charge in [0.1, 0.15) is 12.0 Å². The molecule has 0 aliphatic rings. The molecule has 0 spiro atoms. The van der Waals surface area contributed by atoms with E-state index in [-0.39, 0.29) is 22.1 Å². The molecule has 0 unspecified atom stereocenters.